The normalized spacial score (nSPS) is 13.9. The minimum absolute atomic E-state index is 0.108. The van der Waals surface area contributed by atoms with Crippen LogP contribution < -0.4 is 9.47 Å². The number of carbonyl (C=O) groups is 2. The number of hydrogen-bond acceptors (Lipinski definition) is 4. The summed E-state index contributed by atoms with van der Waals surface area (Å²) in [5.74, 6) is -0.673. The predicted octanol–water partition coefficient (Wildman–Crippen LogP) is 5.31. The Balaban J connectivity index is 1.56. The van der Waals surface area contributed by atoms with Crippen LogP contribution >= 0.6 is 11.6 Å². The molecule has 0 fully saturated rings. The Morgan fingerprint density at radius 3 is 2.54 bits per heavy atom. The molecule has 0 amide bonds. The fraction of sp³-hybridized carbons (Fsp3) is 0. The van der Waals surface area contributed by atoms with Gasteiger partial charge < -0.3 is 9.47 Å². The molecule has 0 atom stereocenters. The zero-order valence-electron chi connectivity index (χ0n) is 14.3. The number of hydrogen-bond donors (Lipinski definition) is 0. The van der Waals surface area contributed by atoms with E-state index in [1.165, 1.54) is 36.4 Å². The first kappa shape index (κ1) is 17.9. The quantitative estimate of drug-likeness (QED) is 0.343. The zero-order valence-corrected chi connectivity index (χ0v) is 15.1. The highest BCUT2D eigenvalue weighted by molar-refractivity contribution is 6.33. The fourth-order valence-corrected chi connectivity index (χ4v) is 2.94. The number of ether oxygens (including phenoxy) is 2. The Kier molecular flexibility index (Phi) is 4.67. The minimum atomic E-state index is -0.614. The molecule has 1 aliphatic rings. The number of esters is 1. The van der Waals surface area contributed by atoms with Gasteiger partial charge in [0.1, 0.15) is 17.3 Å². The average molecular weight is 395 g/mol. The maximum absolute atomic E-state index is 13.0. The molecule has 0 unspecified atom stereocenters. The molecule has 138 valence electrons. The Labute approximate surface area is 164 Å². The molecule has 0 bridgehead atoms. The summed E-state index contributed by atoms with van der Waals surface area (Å²) in [5, 5.41) is 0.282. The molecule has 0 aromatic heterocycles. The van der Waals surface area contributed by atoms with Gasteiger partial charge in [-0.05, 0) is 48.0 Å². The number of fused-ring (bicyclic) bond motifs is 1. The van der Waals surface area contributed by atoms with E-state index in [4.69, 9.17) is 21.1 Å². The summed E-state index contributed by atoms with van der Waals surface area (Å²) in [6.07, 6.45) is 1.52. The molecule has 28 heavy (non-hydrogen) atoms. The highest BCUT2D eigenvalue weighted by atomic mass is 35.5. The molecule has 3 aromatic carbocycles. The summed E-state index contributed by atoms with van der Waals surface area (Å²) < 4.78 is 24.0. The molecule has 0 radical (unpaired) electrons. The molecule has 0 saturated heterocycles. The van der Waals surface area contributed by atoms with E-state index in [0.717, 1.165) is 0 Å². The lowest BCUT2D eigenvalue weighted by atomic mass is 10.1. The topological polar surface area (TPSA) is 52.6 Å². The summed E-state index contributed by atoms with van der Waals surface area (Å²) in [4.78, 5) is 24.8. The summed E-state index contributed by atoms with van der Waals surface area (Å²) in [7, 11) is 0. The van der Waals surface area contributed by atoms with Gasteiger partial charge in [-0.3, -0.25) is 4.79 Å². The molecule has 0 saturated carbocycles. The summed E-state index contributed by atoms with van der Waals surface area (Å²) >= 11 is 6.00. The Hall–Kier alpha value is -3.44. The van der Waals surface area contributed by atoms with Crippen LogP contribution in [0.25, 0.3) is 6.08 Å². The SMILES string of the molecule is O=C(Oc1ccc2c(c1)O/C(=C/c1ccc(F)cc1)C2=O)c1ccccc1Cl. The van der Waals surface area contributed by atoms with Crippen LogP contribution in [0.4, 0.5) is 4.39 Å². The maximum Gasteiger partial charge on any atom is 0.345 e. The molecule has 4 rings (SSSR count). The number of Topliss-reactive ketones (excluding diaryl/α,β-unsaturated/α-hetero) is 1. The van der Waals surface area contributed by atoms with Gasteiger partial charge in [-0.15, -0.1) is 0 Å². The van der Waals surface area contributed by atoms with Crippen molar-refractivity contribution in [1.82, 2.24) is 0 Å². The van der Waals surface area contributed by atoms with Crippen molar-refractivity contribution in [3.8, 4) is 11.5 Å². The lowest BCUT2D eigenvalue weighted by molar-refractivity contribution is 0.0734. The fourth-order valence-electron chi connectivity index (χ4n) is 2.73. The largest absolute Gasteiger partial charge is 0.452 e. The third-order valence-corrected chi connectivity index (χ3v) is 4.44. The van der Waals surface area contributed by atoms with Crippen molar-refractivity contribution in [1.29, 1.82) is 0 Å². The average Bonchev–Trinajstić information content (AvgIpc) is 2.99. The first-order valence-corrected chi connectivity index (χ1v) is 8.69. The van der Waals surface area contributed by atoms with E-state index in [-0.39, 0.29) is 39.4 Å². The van der Waals surface area contributed by atoms with Crippen LogP contribution in [0.15, 0.2) is 72.5 Å². The van der Waals surface area contributed by atoms with Gasteiger partial charge in [-0.2, -0.15) is 0 Å². The monoisotopic (exact) mass is 394 g/mol. The number of benzene rings is 3. The molecular weight excluding hydrogens is 383 g/mol. The van der Waals surface area contributed by atoms with Crippen molar-refractivity contribution in [3.63, 3.8) is 0 Å². The van der Waals surface area contributed by atoms with Gasteiger partial charge in [0.15, 0.2) is 5.76 Å². The second kappa shape index (κ2) is 7.29. The molecule has 0 aliphatic carbocycles. The van der Waals surface area contributed by atoms with Crippen LogP contribution in [0.2, 0.25) is 5.02 Å². The minimum Gasteiger partial charge on any atom is -0.452 e. The van der Waals surface area contributed by atoms with Crippen molar-refractivity contribution in [3.05, 3.63) is 100 Å². The van der Waals surface area contributed by atoms with E-state index in [9.17, 15) is 14.0 Å². The molecular formula is C22H12ClFO4. The van der Waals surface area contributed by atoms with E-state index in [0.29, 0.717) is 11.1 Å². The van der Waals surface area contributed by atoms with Gasteiger partial charge in [0.25, 0.3) is 0 Å². The highest BCUT2D eigenvalue weighted by Crippen LogP contribution is 2.35. The third kappa shape index (κ3) is 3.52. The van der Waals surface area contributed by atoms with E-state index in [2.05, 4.69) is 0 Å². The number of halogens is 2. The molecule has 1 heterocycles. The number of allylic oxidation sites excluding steroid dienone is 1. The van der Waals surface area contributed by atoms with Crippen LogP contribution in [-0.2, 0) is 0 Å². The van der Waals surface area contributed by atoms with Crippen molar-refractivity contribution < 1.29 is 23.5 Å². The van der Waals surface area contributed by atoms with Crippen LogP contribution in [0, 0.1) is 5.82 Å². The van der Waals surface area contributed by atoms with E-state index in [1.807, 2.05) is 0 Å². The van der Waals surface area contributed by atoms with Crippen LogP contribution in [0.5, 0.6) is 11.5 Å². The van der Waals surface area contributed by atoms with Crippen LogP contribution in [0.1, 0.15) is 26.3 Å². The standard InChI is InChI=1S/C22H12ClFO4/c23-18-4-2-1-3-16(18)22(26)27-15-9-10-17-19(12-15)28-20(21(17)25)11-13-5-7-14(24)8-6-13/h1-12H/b20-11+. The van der Waals surface area contributed by atoms with Crippen LogP contribution in [0.3, 0.4) is 0 Å². The second-order valence-electron chi connectivity index (χ2n) is 6.02. The Morgan fingerprint density at radius 2 is 1.79 bits per heavy atom. The maximum atomic E-state index is 13.0. The van der Waals surface area contributed by atoms with Gasteiger partial charge in [-0.25, -0.2) is 9.18 Å². The van der Waals surface area contributed by atoms with E-state index >= 15 is 0 Å². The number of carbonyl (C=O) groups excluding carboxylic acids is 2. The van der Waals surface area contributed by atoms with Gasteiger partial charge in [0.2, 0.25) is 5.78 Å². The predicted molar refractivity (Wildman–Crippen MR) is 102 cm³/mol. The molecule has 0 spiro atoms. The van der Waals surface area contributed by atoms with Gasteiger partial charge in [-0.1, -0.05) is 35.9 Å². The van der Waals surface area contributed by atoms with Gasteiger partial charge in [0, 0.05) is 6.07 Å². The first-order chi connectivity index (χ1) is 13.5. The Bertz CT molecular complexity index is 1120. The summed E-state index contributed by atoms with van der Waals surface area (Å²) in [6, 6.07) is 16.7. The summed E-state index contributed by atoms with van der Waals surface area (Å²) in [5.41, 5.74) is 1.22. The Morgan fingerprint density at radius 1 is 1.04 bits per heavy atom. The second-order valence-corrected chi connectivity index (χ2v) is 6.43. The van der Waals surface area contributed by atoms with Crippen LogP contribution in [-0.4, -0.2) is 11.8 Å². The smallest absolute Gasteiger partial charge is 0.345 e. The van der Waals surface area contributed by atoms with Crippen molar-refractivity contribution in [2.45, 2.75) is 0 Å². The van der Waals surface area contributed by atoms with E-state index in [1.54, 1.807) is 36.4 Å². The number of ketones is 1. The molecule has 4 nitrogen and oxygen atoms in total. The molecule has 0 N–H and O–H groups in total. The van der Waals surface area contributed by atoms with Gasteiger partial charge in [0.05, 0.1) is 16.1 Å². The first-order valence-electron chi connectivity index (χ1n) is 8.32. The van der Waals surface area contributed by atoms with Crippen molar-refractivity contribution >= 4 is 29.4 Å². The van der Waals surface area contributed by atoms with Crippen molar-refractivity contribution in [2.75, 3.05) is 0 Å². The lowest BCUT2D eigenvalue weighted by Gasteiger charge is -2.06. The third-order valence-electron chi connectivity index (χ3n) is 4.11. The molecule has 6 heteroatoms. The summed E-state index contributed by atoms with van der Waals surface area (Å²) in [6.45, 7) is 0. The number of rotatable bonds is 3. The molecule has 3 aromatic rings. The van der Waals surface area contributed by atoms with E-state index < -0.39 is 5.97 Å². The highest BCUT2D eigenvalue weighted by Gasteiger charge is 2.28. The van der Waals surface area contributed by atoms with Crippen molar-refractivity contribution in [2.24, 2.45) is 0 Å². The molecule has 1 aliphatic heterocycles. The lowest BCUT2D eigenvalue weighted by Crippen LogP contribution is -2.09. The zero-order chi connectivity index (χ0) is 19.7. The van der Waals surface area contributed by atoms with Gasteiger partial charge >= 0.3 is 5.97 Å².